The highest BCUT2D eigenvalue weighted by molar-refractivity contribution is 14.1. The van der Waals surface area contributed by atoms with Crippen LogP contribution in [0, 0.1) is 3.57 Å². The fourth-order valence-corrected chi connectivity index (χ4v) is 6.88. The molecule has 2 aromatic heterocycles. The first-order chi connectivity index (χ1) is 24.2. The molecule has 5 aromatic rings. The van der Waals surface area contributed by atoms with Crippen molar-refractivity contribution in [2.24, 2.45) is 0 Å². The number of benzene rings is 3. The Morgan fingerprint density at radius 3 is 2.60 bits per heavy atom. The molecular weight excluding hydrogens is 757 g/mol. The van der Waals surface area contributed by atoms with E-state index in [1.165, 1.54) is 30.2 Å². The molecule has 0 aliphatic heterocycles. The van der Waals surface area contributed by atoms with E-state index >= 15 is 0 Å². The second kappa shape index (κ2) is 15.3. The zero-order valence-corrected chi connectivity index (χ0v) is 29.1. The lowest BCUT2D eigenvalue weighted by atomic mass is 9.87. The number of amides is 2. The van der Waals surface area contributed by atoms with Crippen molar-refractivity contribution < 1.29 is 38.5 Å². The van der Waals surface area contributed by atoms with Crippen molar-refractivity contribution in [3.05, 3.63) is 115 Å². The van der Waals surface area contributed by atoms with Gasteiger partial charge in [0.25, 0.3) is 5.91 Å². The SMILES string of the molecule is COc1cc(C=O)cc(I)c1OC1C=C(C(=O)NCCO)CC(N(CCc2cc3ccccc3[nH]2)C(=O)c2cc3ccccc3oc2=O)C1O. The second-order valence-electron chi connectivity index (χ2n) is 11.8. The summed E-state index contributed by atoms with van der Waals surface area (Å²) >= 11 is 1.98. The first-order valence-corrected chi connectivity index (χ1v) is 17.0. The van der Waals surface area contributed by atoms with E-state index in [4.69, 9.17) is 13.9 Å². The van der Waals surface area contributed by atoms with Crippen LogP contribution in [0.25, 0.3) is 21.9 Å². The molecule has 4 N–H and O–H groups in total. The van der Waals surface area contributed by atoms with Crippen molar-refractivity contribution in [1.82, 2.24) is 15.2 Å². The quantitative estimate of drug-likeness (QED) is 0.0829. The highest BCUT2D eigenvalue weighted by Crippen LogP contribution is 2.37. The van der Waals surface area contributed by atoms with Crippen LogP contribution in [-0.2, 0) is 11.2 Å². The van der Waals surface area contributed by atoms with Crippen molar-refractivity contribution in [2.75, 3.05) is 26.8 Å². The van der Waals surface area contributed by atoms with Crippen LogP contribution in [0.4, 0.5) is 0 Å². The number of aldehydes is 1. The maximum atomic E-state index is 14.5. The van der Waals surface area contributed by atoms with Crippen LogP contribution in [0.15, 0.2) is 93.7 Å². The zero-order valence-electron chi connectivity index (χ0n) is 26.9. The number of aromatic amines is 1. The second-order valence-corrected chi connectivity index (χ2v) is 12.9. The topological polar surface area (TPSA) is 171 Å². The molecule has 0 radical (unpaired) electrons. The van der Waals surface area contributed by atoms with E-state index in [9.17, 15) is 29.4 Å². The van der Waals surface area contributed by atoms with E-state index in [-0.39, 0.29) is 48.8 Å². The Kier molecular flexibility index (Phi) is 10.6. The third kappa shape index (κ3) is 7.29. The van der Waals surface area contributed by atoms with Gasteiger partial charge in [0, 0.05) is 53.7 Å². The lowest BCUT2D eigenvalue weighted by Gasteiger charge is -2.40. The average Bonchev–Trinajstić information content (AvgIpc) is 3.55. The van der Waals surface area contributed by atoms with Gasteiger partial charge in [-0.3, -0.25) is 14.4 Å². The normalized spacial score (nSPS) is 17.3. The van der Waals surface area contributed by atoms with Crippen LogP contribution in [-0.4, -0.2) is 83.3 Å². The Morgan fingerprint density at radius 2 is 1.86 bits per heavy atom. The number of hydrogen-bond acceptors (Lipinski definition) is 9. The number of carbonyl (C=O) groups is 3. The summed E-state index contributed by atoms with van der Waals surface area (Å²) in [7, 11) is 1.41. The Morgan fingerprint density at radius 1 is 1.10 bits per heavy atom. The minimum absolute atomic E-state index is 0.0189. The van der Waals surface area contributed by atoms with Gasteiger partial charge in [0.2, 0.25) is 5.91 Å². The van der Waals surface area contributed by atoms with Crippen molar-refractivity contribution in [2.45, 2.75) is 31.1 Å². The summed E-state index contributed by atoms with van der Waals surface area (Å²) in [4.78, 5) is 57.3. The number of H-pyrrole nitrogens is 1. The number of para-hydroxylation sites is 2. The third-order valence-electron chi connectivity index (χ3n) is 8.60. The molecule has 3 unspecified atom stereocenters. The predicted molar refractivity (Wildman–Crippen MR) is 194 cm³/mol. The zero-order chi connectivity index (χ0) is 35.4. The van der Waals surface area contributed by atoms with Gasteiger partial charge in [0.15, 0.2) is 11.5 Å². The average molecular weight is 792 g/mol. The van der Waals surface area contributed by atoms with Crippen molar-refractivity contribution in [1.29, 1.82) is 0 Å². The summed E-state index contributed by atoms with van der Waals surface area (Å²) in [5, 5.41) is 25.5. The van der Waals surface area contributed by atoms with Gasteiger partial charge in [-0.1, -0.05) is 36.4 Å². The smallest absolute Gasteiger partial charge is 0.349 e. The molecule has 1 aliphatic rings. The van der Waals surface area contributed by atoms with Crippen LogP contribution in [0.5, 0.6) is 11.5 Å². The van der Waals surface area contributed by atoms with E-state index in [1.807, 2.05) is 52.9 Å². The Hall–Kier alpha value is -4.99. The molecule has 50 heavy (non-hydrogen) atoms. The fraction of sp³-hybridized carbons (Fsp3) is 0.243. The minimum Gasteiger partial charge on any atom is -0.493 e. The number of carbonyl (C=O) groups excluding carboxylic acids is 3. The maximum Gasteiger partial charge on any atom is 0.349 e. The number of aromatic nitrogens is 1. The minimum atomic E-state index is -1.39. The van der Waals surface area contributed by atoms with Gasteiger partial charge < -0.3 is 39.3 Å². The highest BCUT2D eigenvalue weighted by Gasteiger charge is 2.41. The molecule has 3 aromatic carbocycles. The van der Waals surface area contributed by atoms with Gasteiger partial charge in [0.1, 0.15) is 29.6 Å². The molecule has 1 aliphatic carbocycles. The van der Waals surface area contributed by atoms with Crippen molar-refractivity contribution in [3.63, 3.8) is 0 Å². The van der Waals surface area contributed by atoms with E-state index in [0.29, 0.717) is 32.8 Å². The fourth-order valence-electron chi connectivity index (χ4n) is 6.13. The number of ether oxygens (including phenoxy) is 2. The lowest BCUT2D eigenvalue weighted by Crippen LogP contribution is -2.56. The van der Waals surface area contributed by atoms with Gasteiger partial charge in [0.05, 0.1) is 23.3 Å². The molecule has 0 saturated heterocycles. The number of hydrogen-bond donors (Lipinski definition) is 4. The molecule has 0 fully saturated rings. The standard InChI is InChI=1S/C37H34IN3O9/c1-48-32-15-21(20-43)14-27(38)34(32)49-31-19-24(35(45)39-11-13-42)18-29(33(31)44)41(12-10-25-16-22-6-2-4-8-28(22)40-25)36(46)26-17-23-7-3-5-9-30(23)50-37(26)47/h2-9,14-17,19-20,29,31,33,40,42,44H,10-13,18H2,1H3,(H,39,45). The lowest BCUT2D eigenvalue weighted by molar-refractivity contribution is -0.118. The Balaban J connectivity index is 1.41. The summed E-state index contributed by atoms with van der Waals surface area (Å²) in [6.45, 7) is -0.266. The number of aliphatic hydroxyl groups excluding tert-OH is 2. The largest absolute Gasteiger partial charge is 0.493 e. The molecule has 2 heterocycles. The summed E-state index contributed by atoms with van der Waals surface area (Å²) in [6.07, 6.45) is -0.193. The monoisotopic (exact) mass is 791 g/mol. The van der Waals surface area contributed by atoms with Crippen LogP contribution < -0.4 is 20.4 Å². The molecule has 6 rings (SSSR count). The number of nitrogens with one attached hydrogen (secondary N) is 2. The summed E-state index contributed by atoms with van der Waals surface area (Å²) < 4.78 is 17.8. The molecule has 12 nitrogen and oxygen atoms in total. The van der Waals surface area contributed by atoms with Crippen molar-refractivity contribution >= 4 is 62.6 Å². The number of aliphatic hydroxyl groups is 2. The predicted octanol–water partition coefficient (Wildman–Crippen LogP) is 4.00. The van der Waals surface area contributed by atoms with Crippen molar-refractivity contribution in [3.8, 4) is 11.5 Å². The molecule has 258 valence electrons. The van der Waals surface area contributed by atoms with Gasteiger partial charge in [-0.25, -0.2) is 4.79 Å². The Labute approximate surface area is 299 Å². The van der Waals surface area contributed by atoms with Crippen LogP contribution in [0.1, 0.15) is 32.8 Å². The molecule has 13 heteroatoms. The molecule has 0 spiro atoms. The van der Waals surface area contributed by atoms with E-state index < -0.39 is 35.7 Å². The van der Waals surface area contributed by atoms with Gasteiger partial charge in [-0.2, -0.15) is 0 Å². The molecule has 2 amide bonds. The summed E-state index contributed by atoms with van der Waals surface area (Å²) in [5.74, 6) is -0.756. The third-order valence-corrected chi connectivity index (χ3v) is 9.40. The number of nitrogens with zero attached hydrogens (tertiary/aromatic N) is 1. The first-order valence-electron chi connectivity index (χ1n) is 15.9. The van der Waals surface area contributed by atoms with Crippen LogP contribution in [0.2, 0.25) is 0 Å². The summed E-state index contributed by atoms with van der Waals surface area (Å²) in [6, 6.07) is 20.0. The summed E-state index contributed by atoms with van der Waals surface area (Å²) in [5.41, 5.74) is 1.53. The first kappa shape index (κ1) is 34.9. The van der Waals surface area contributed by atoms with E-state index in [2.05, 4.69) is 10.3 Å². The van der Waals surface area contributed by atoms with E-state index in [1.54, 1.807) is 30.3 Å². The Bertz CT molecular complexity index is 2120. The molecule has 0 bridgehead atoms. The van der Waals surface area contributed by atoms with Gasteiger partial charge in [-0.05, 0) is 70.5 Å². The molecule has 0 saturated carbocycles. The van der Waals surface area contributed by atoms with Gasteiger partial charge in [-0.15, -0.1) is 0 Å². The van der Waals surface area contributed by atoms with Gasteiger partial charge >= 0.3 is 5.63 Å². The van der Waals surface area contributed by atoms with E-state index in [0.717, 1.165) is 16.6 Å². The van der Waals surface area contributed by atoms with Crippen LogP contribution >= 0.6 is 22.6 Å². The molecule has 3 atom stereocenters. The van der Waals surface area contributed by atoms with Crippen LogP contribution in [0.3, 0.4) is 0 Å². The number of rotatable bonds is 12. The number of methoxy groups -OCH3 is 1. The number of halogens is 1. The maximum absolute atomic E-state index is 14.5. The number of fused-ring (bicyclic) bond motifs is 2. The highest BCUT2D eigenvalue weighted by atomic mass is 127. The molecular formula is C37H34IN3O9.